The smallest absolute Gasteiger partial charge is 0.293 e. The first-order valence-electron chi connectivity index (χ1n) is 5.15. The highest BCUT2D eigenvalue weighted by Gasteiger charge is 2.09. The van der Waals surface area contributed by atoms with Crippen molar-refractivity contribution in [2.24, 2.45) is 0 Å². The average Bonchev–Trinajstić information content (AvgIpc) is 2.79. The third kappa shape index (κ3) is 2.63. The Kier molecular flexibility index (Phi) is 3.40. The number of carbonyl (C=O) groups is 1. The van der Waals surface area contributed by atoms with Crippen LogP contribution in [-0.2, 0) is 16.0 Å². The zero-order valence-corrected chi connectivity index (χ0v) is 9.13. The van der Waals surface area contributed by atoms with Gasteiger partial charge in [0.25, 0.3) is 6.47 Å². The molecule has 0 aliphatic heterocycles. The van der Waals surface area contributed by atoms with Crippen molar-refractivity contribution in [1.82, 2.24) is 5.16 Å². The number of anilines is 1. The van der Waals surface area contributed by atoms with Crippen LogP contribution in [0.2, 0.25) is 0 Å². The maximum Gasteiger partial charge on any atom is 0.293 e. The zero-order valence-electron chi connectivity index (χ0n) is 9.13. The Bertz CT molecular complexity index is 491. The SMILES string of the molecule is Nc1ccc(-c2nocc2CCOC=O)cc1. The zero-order chi connectivity index (χ0) is 12.1. The molecule has 0 spiro atoms. The number of benzene rings is 1. The van der Waals surface area contributed by atoms with E-state index in [9.17, 15) is 4.79 Å². The van der Waals surface area contributed by atoms with Gasteiger partial charge in [0.05, 0.1) is 6.61 Å². The molecule has 0 fully saturated rings. The fraction of sp³-hybridized carbons (Fsp3) is 0.167. The molecular formula is C12H12N2O3. The van der Waals surface area contributed by atoms with E-state index in [2.05, 4.69) is 9.89 Å². The minimum atomic E-state index is 0.312. The highest BCUT2D eigenvalue weighted by atomic mass is 16.5. The van der Waals surface area contributed by atoms with Crippen LogP contribution < -0.4 is 5.73 Å². The summed E-state index contributed by atoms with van der Waals surface area (Å²) in [6.45, 7) is 0.739. The van der Waals surface area contributed by atoms with Gasteiger partial charge in [-0.25, -0.2) is 0 Å². The van der Waals surface area contributed by atoms with Crippen molar-refractivity contribution in [3.05, 3.63) is 36.1 Å². The van der Waals surface area contributed by atoms with Crippen LogP contribution in [0.1, 0.15) is 5.56 Å². The molecule has 0 aliphatic carbocycles. The van der Waals surface area contributed by atoms with Crippen LogP contribution in [0.3, 0.4) is 0 Å². The summed E-state index contributed by atoms with van der Waals surface area (Å²) in [5, 5.41) is 3.94. The monoisotopic (exact) mass is 232 g/mol. The molecule has 2 N–H and O–H groups in total. The van der Waals surface area contributed by atoms with Crippen molar-refractivity contribution in [3.8, 4) is 11.3 Å². The van der Waals surface area contributed by atoms with E-state index >= 15 is 0 Å². The van der Waals surface area contributed by atoms with Crippen molar-refractivity contribution in [2.45, 2.75) is 6.42 Å². The normalized spacial score (nSPS) is 10.1. The second-order valence-corrected chi connectivity index (χ2v) is 3.53. The molecular weight excluding hydrogens is 220 g/mol. The summed E-state index contributed by atoms with van der Waals surface area (Å²) in [5.41, 5.74) is 8.89. The van der Waals surface area contributed by atoms with E-state index in [0.29, 0.717) is 25.2 Å². The van der Waals surface area contributed by atoms with Gasteiger partial charge in [0, 0.05) is 23.2 Å². The third-order valence-corrected chi connectivity index (χ3v) is 2.38. The van der Waals surface area contributed by atoms with E-state index in [1.165, 1.54) is 0 Å². The lowest BCUT2D eigenvalue weighted by Gasteiger charge is -2.01. The minimum absolute atomic E-state index is 0.312. The third-order valence-electron chi connectivity index (χ3n) is 2.38. The molecule has 5 heteroatoms. The molecule has 0 amide bonds. The summed E-state index contributed by atoms with van der Waals surface area (Å²) in [4.78, 5) is 10.1. The van der Waals surface area contributed by atoms with Crippen LogP contribution in [0.15, 0.2) is 35.1 Å². The minimum Gasteiger partial charge on any atom is -0.468 e. The van der Waals surface area contributed by atoms with E-state index in [1.807, 2.05) is 12.1 Å². The maximum atomic E-state index is 10.1. The van der Waals surface area contributed by atoms with Gasteiger partial charge < -0.3 is 15.0 Å². The van der Waals surface area contributed by atoms with Crippen molar-refractivity contribution < 1.29 is 14.1 Å². The Balaban J connectivity index is 2.18. The Morgan fingerprint density at radius 1 is 1.35 bits per heavy atom. The van der Waals surface area contributed by atoms with Gasteiger partial charge in [0.1, 0.15) is 12.0 Å². The Hall–Kier alpha value is -2.30. The highest BCUT2D eigenvalue weighted by Crippen LogP contribution is 2.23. The number of rotatable bonds is 5. The number of nitrogen functional groups attached to an aromatic ring is 1. The molecule has 1 aromatic heterocycles. The van der Waals surface area contributed by atoms with E-state index in [-0.39, 0.29) is 0 Å². The van der Waals surface area contributed by atoms with Crippen molar-refractivity contribution in [3.63, 3.8) is 0 Å². The second-order valence-electron chi connectivity index (χ2n) is 3.53. The second kappa shape index (κ2) is 5.16. The number of nitrogens with two attached hydrogens (primary N) is 1. The van der Waals surface area contributed by atoms with Gasteiger partial charge >= 0.3 is 0 Å². The molecule has 0 atom stereocenters. The predicted octanol–water partition coefficient (Wildman–Crippen LogP) is 1.64. The lowest BCUT2D eigenvalue weighted by molar-refractivity contribution is -0.128. The molecule has 1 aromatic carbocycles. The van der Waals surface area contributed by atoms with E-state index in [1.54, 1.807) is 18.4 Å². The van der Waals surface area contributed by atoms with Crippen LogP contribution in [0.25, 0.3) is 11.3 Å². The van der Waals surface area contributed by atoms with Gasteiger partial charge in [0.2, 0.25) is 0 Å². The molecule has 0 saturated carbocycles. The summed E-state index contributed by atoms with van der Waals surface area (Å²) < 4.78 is 9.58. The van der Waals surface area contributed by atoms with Gasteiger partial charge in [-0.05, 0) is 12.1 Å². The Morgan fingerprint density at radius 3 is 2.82 bits per heavy atom. The van der Waals surface area contributed by atoms with Crippen LogP contribution >= 0.6 is 0 Å². The maximum absolute atomic E-state index is 10.1. The van der Waals surface area contributed by atoms with Gasteiger partial charge in [-0.15, -0.1) is 0 Å². The van der Waals surface area contributed by atoms with Crippen molar-refractivity contribution >= 4 is 12.2 Å². The summed E-state index contributed by atoms with van der Waals surface area (Å²) >= 11 is 0. The van der Waals surface area contributed by atoms with Crippen LogP contribution in [0.4, 0.5) is 5.69 Å². The quantitative estimate of drug-likeness (QED) is 0.481. The largest absolute Gasteiger partial charge is 0.468 e. The first-order chi connectivity index (χ1) is 8.31. The average molecular weight is 232 g/mol. The predicted molar refractivity (Wildman–Crippen MR) is 62.1 cm³/mol. The van der Waals surface area contributed by atoms with Crippen LogP contribution in [0, 0.1) is 0 Å². The van der Waals surface area contributed by atoms with Crippen LogP contribution in [-0.4, -0.2) is 18.2 Å². The van der Waals surface area contributed by atoms with Gasteiger partial charge in [-0.2, -0.15) is 0 Å². The van der Waals surface area contributed by atoms with Gasteiger partial charge in [-0.3, -0.25) is 4.79 Å². The number of hydrogen-bond donors (Lipinski definition) is 1. The summed E-state index contributed by atoms with van der Waals surface area (Å²) in [5.74, 6) is 0. The van der Waals surface area contributed by atoms with E-state index in [4.69, 9.17) is 10.3 Å². The molecule has 17 heavy (non-hydrogen) atoms. The van der Waals surface area contributed by atoms with E-state index in [0.717, 1.165) is 16.8 Å². The van der Waals surface area contributed by atoms with Gasteiger partial charge in [-0.1, -0.05) is 17.3 Å². The van der Waals surface area contributed by atoms with Gasteiger partial charge in [0.15, 0.2) is 0 Å². The van der Waals surface area contributed by atoms with Crippen LogP contribution in [0.5, 0.6) is 0 Å². The van der Waals surface area contributed by atoms with Crippen molar-refractivity contribution in [2.75, 3.05) is 12.3 Å². The Labute approximate surface area is 98.2 Å². The standard InChI is InChI=1S/C12H12N2O3/c13-11-3-1-9(2-4-11)12-10(7-17-14-12)5-6-16-8-15/h1-4,7-8H,5-6,13H2. The molecule has 2 rings (SSSR count). The number of ether oxygens (including phenoxy) is 1. The molecule has 5 nitrogen and oxygen atoms in total. The summed E-state index contributed by atoms with van der Waals surface area (Å²) in [7, 11) is 0. The molecule has 0 bridgehead atoms. The molecule has 2 aromatic rings. The highest BCUT2D eigenvalue weighted by molar-refractivity contribution is 5.64. The molecule has 0 radical (unpaired) electrons. The molecule has 88 valence electrons. The molecule has 0 unspecified atom stereocenters. The van der Waals surface area contributed by atoms with Crippen molar-refractivity contribution in [1.29, 1.82) is 0 Å². The molecule has 0 saturated heterocycles. The lowest BCUT2D eigenvalue weighted by Crippen LogP contribution is -1.97. The topological polar surface area (TPSA) is 78.3 Å². The first-order valence-corrected chi connectivity index (χ1v) is 5.15. The summed E-state index contributed by atoms with van der Waals surface area (Å²) in [6, 6.07) is 7.35. The number of nitrogens with zero attached hydrogens (tertiary/aromatic N) is 1. The lowest BCUT2D eigenvalue weighted by atomic mass is 10.1. The Morgan fingerprint density at radius 2 is 2.12 bits per heavy atom. The summed E-state index contributed by atoms with van der Waals surface area (Å²) in [6.07, 6.45) is 2.13. The molecule has 1 heterocycles. The number of carbonyl (C=O) groups excluding carboxylic acids is 1. The molecule has 0 aliphatic rings. The number of aromatic nitrogens is 1. The van der Waals surface area contributed by atoms with E-state index < -0.39 is 0 Å². The fourth-order valence-corrected chi connectivity index (χ4v) is 1.53. The fourth-order valence-electron chi connectivity index (χ4n) is 1.53. The first kappa shape index (κ1) is 11.2. The number of hydrogen-bond acceptors (Lipinski definition) is 5.